The minimum atomic E-state index is 1.12. The molecule has 1 aromatic heterocycles. The molecule has 1 heterocycles. The average molecular weight is 706 g/mol. The fourth-order valence-corrected chi connectivity index (χ4v) is 8.73. The van der Waals surface area contributed by atoms with Crippen LogP contribution in [-0.4, -0.2) is 0 Å². The second kappa shape index (κ2) is 13.7. The van der Waals surface area contributed by atoms with Gasteiger partial charge in [0.15, 0.2) is 0 Å². The molecule has 10 aromatic rings. The van der Waals surface area contributed by atoms with E-state index < -0.39 is 0 Å². The zero-order valence-corrected chi connectivity index (χ0v) is 30.4. The number of rotatable bonds is 7. The van der Waals surface area contributed by atoms with E-state index in [1.807, 2.05) is 11.3 Å². The van der Waals surface area contributed by atoms with Crippen molar-refractivity contribution < 1.29 is 0 Å². The van der Waals surface area contributed by atoms with Gasteiger partial charge in [-0.25, -0.2) is 0 Å². The van der Waals surface area contributed by atoms with E-state index in [1.54, 1.807) is 0 Å². The van der Waals surface area contributed by atoms with Gasteiger partial charge in [0.25, 0.3) is 0 Å². The molecule has 2 heteroatoms. The third-order valence-corrected chi connectivity index (χ3v) is 11.6. The minimum Gasteiger partial charge on any atom is -0.310 e. The number of nitrogens with zero attached hydrogens (tertiary/aromatic N) is 1. The summed E-state index contributed by atoms with van der Waals surface area (Å²) in [5, 5.41) is 5.12. The number of hydrogen-bond acceptors (Lipinski definition) is 2. The Balaban J connectivity index is 0.968. The summed E-state index contributed by atoms with van der Waals surface area (Å²) < 4.78 is 2.62. The van der Waals surface area contributed by atoms with Crippen LogP contribution in [0.15, 0.2) is 212 Å². The molecule has 0 radical (unpaired) electrons. The molecule has 0 fully saturated rings. The van der Waals surface area contributed by atoms with Crippen molar-refractivity contribution in [3.8, 4) is 44.5 Å². The van der Waals surface area contributed by atoms with Crippen molar-refractivity contribution in [1.82, 2.24) is 0 Å². The first-order valence-corrected chi connectivity index (χ1v) is 19.2. The molecule has 0 saturated heterocycles. The molecule has 0 spiro atoms. The van der Waals surface area contributed by atoms with Gasteiger partial charge in [-0.3, -0.25) is 0 Å². The van der Waals surface area contributed by atoms with Gasteiger partial charge in [0.2, 0.25) is 0 Å². The van der Waals surface area contributed by atoms with Crippen molar-refractivity contribution in [2.24, 2.45) is 0 Å². The molecular weight excluding hydrogens is 671 g/mol. The molecule has 0 saturated carbocycles. The van der Waals surface area contributed by atoms with Gasteiger partial charge in [-0.2, -0.15) is 0 Å². The molecule has 0 aliphatic heterocycles. The number of benzene rings is 9. The lowest BCUT2D eigenvalue weighted by molar-refractivity contribution is 1.29. The molecule has 0 aliphatic rings. The van der Waals surface area contributed by atoms with Crippen LogP contribution in [0.2, 0.25) is 0 Å². The molecule has 54 heavy (non-hydrogen) atoms. The predicted molar refractivity (Wildman–Crippen MR) is 233 cm³/mol. The van der Waals surface area contributed by atoms with Gasteiger partial charge < -0.3 is 4.90 Å². The van der Waals surface area contributed by atoms with E-state index in [9.17, 15) is 0 Å². The summed E-state index contributed by atoms with van der Waals surface area (Å²) in [6.45, 7) is 0. The normalized spacial score (nSPS) is 11.3. The lowest BCUT2D eigenvalue weighted by Crippen LogP contribution is -2.09. The Labute approximate surface area is 319 Å². The molecular formula is C52H35NS. The first-order valence-electron chi connectivity index (χ1n) is 18.4. The van der Waals surface area contributed by atoms with Crippen molar-refractivity contribution in [3.63, 3.8) is 0 Å². The maximum Gasteiger partial charge on any atom is 0.0468 e. The van der Waals surface area contributed by atoms with Gasteiger partial charge in [0, 0.05) is 37.2 Å². The van der Waals surface area contributed by atoms with Gasteiger partial charge in [-0.15, -0.1) is 11.3 Å². The highest BCUT2D eigenvalue weighted by Crippen LogP contribution is 2.41. The van der Waals surface area contributed by atoms with Crippen LogP contribution in [0.3, 0.4) is 0 Å². The summed E-state index contributed by atoms with van der Waals surface area (Å²) in [5.74, 6) is 0. The van der Waals surface area contributed by atoms with Gasteiger partial charge in [-0.05, 0) is 116 Å². The molecule has 0 unspecified atom stereocenters. The van der Waals surface area contributed by atoms with E-state index in [0.29, 0.717) is 0 Å². The Kier molecular flexibility index (Phi) is 8.09. The van der Waals surface area contributed by atoms with E-state index in [4.69, 9.17) is 0 Å². The third-order valence-electron chi connectivity index (χ3n) is 10.5. The second-order valence-electron chi connectivity index (χ2n) is 13.8. The van der Waals surface area contributed by atoms with Crippen molar-refractivity contribution in [2.75, 3.05) is 4.90 Å². The van der Waals surface area contributed by atoms with E-state index >= 15 is 0 Å². The topological polar surface area (TPSA) is 3.24 Å². The van der Waals surface area contributed by atoms with Crippen molar-refractivity contribution >= 4 is 59.3 Å². The van der Waals surface area contributed by atoms with Crippen LogP contribution in [0.1, 0.15) is 0 Å². The molecule has 0 N–H and O–H groups in total. The minimum absolute atomic E-state index is 1.12. The number of anilines is 3. The zero-order valence-electron chi connectivity index (χ0n) is 29.6. The fraction of sp³-hybridized carbons (Fsp3) is 0. The summed E-state index contributed by atoms with van der Waals surface area (Å²) in [6.07, 6.45) is 0. The van der Waals surface area contributed by atoms with Crippen molar-refractivity contribution in [1.29, 1.82) is 0 Å². The second-order valence-corrected chi connectivity index (χ2v) is 14.9. The lowest BCUT2D eigenvalue weighted by atomic mass is 9.96. The van der Waals surface area contributed by atoms with E-state index in [2.05, 4.69) is 217 Å². The zero-order chi connectivity index (χ0) is 35.8. The van der Waals surface area contributed by atoms with Crippen molar-refractivity contribution in [2.45, 2.75) is 0 Å². The summed E-state index contributed by atoms with van der Waals surface area (Å²) in [7, 11) is 0. The van der Waals surface area contributed by atoms with Crippen LogP contribution in [0, 0.1) is 0 Å². The quantitative estimate of drug-likeness (QED) is 0.160. The SMILES string of the molecule is c1ccc(-c2ccc(N(c3ccc(-c4ccc(-c5cccc(-c6ccc7ccccc7c6)c5)cc4)cc3)c3ccc4sc5ccccc5c4c3)cc2)cc1. The summed E-state index contributed by atoms with van der Waals surface area (Å²) >= 11 is 1.85. The summed E-state index contributed by atoms with van der Waals surface area (Å²) in [4.78, 5) is 2.37. The number of thiophene rings is 1. The highest BCUT2D eigenvalue weighted by Gasteiger charge is 2.16. The summed E-state index contributed by atoms with van der Waals surface area (Å²) in [6, 6.07) is 77.1. The third kappa shape index (κ3) is 6.03. The standard InChI is InChI=1S/C52H35NS/c1-2-9-36(10-3-1)39-23-27-46(28-24-39)53(48-31-32-52-50(35-48)49-15-6-7-16-51(49)54-52)47-29-25-40(26-30-47)38-17-19-41(20-18-38)43-13-8-14-44(33-43)45-22-21-37-11-4-5-12-42(37)34-45/h1-35H. The first-order chi connectivity index (χ1) is 26.7. The number of hydrogen-bond donors (Lipinski definition) is 0. The Hall–Kier alpha value is -6.74. The van der Waals surface area contributed by atoms with Crippen LogP contribution in [0.5, 0.6) is 0 Å². The van der Waals surface area contributed by atoms with Crippen LogP contribution >= 0.6 is 11.3 Å². The van der Waals surface area contributed by atoms with E-state index in [-0.39, 0.29) is 0 Å². The van der Waals surface area contributed by atoms with Gasteiger partial charge in [0.05, 0.1) is 0 Å². The van der Waals surface area contributed by atoms with Crippen LogP contribution in [0.4, 0.5) is 17.1 Å². The Morgan fingerprint density at radius 2 is 0.722 bits per heavy atom. The maximum atomic E-state index is 2.37. The predicted octanol–water partition coefficient (Wildman–Crippen LogP) is 15.3. The molecule has 0 bridgehead atoms. The fourth-order valence-electron chi connectivity index (χ4n) is 7.64. The first kappa shape index (κ1) is 32.0. The van der Waals surface area contributed by atoms with Crippen LogP contribution < -0.4 is 4.90 Å². The highest BCUT2D eigenvalue weighted by molar-refractivity contribution is 7.25. The molecule has 0 aliphatic carbocycles. The molecule has 10 rings (SSSR count). The average Bonchev–Trinajstić information content (AvgIpc) is 3.63. The Bertz CT molecular complexity index is 2900. The largest absolute Gasteiger partial charge is 0.310 e. The van der Waals surface area contributed by atoms with Crippen LogP contribution in [0.25, 0.3) is 75.5 Å². The Morgan fingerprint density at radius 3 is 1.43 bits per heavy atom. The lowest BCUT2D eigenvalue weighted by Gasteiger charge is -2.26. The molecule has 0 amide bonds. The molecule has 1 nitrogen and oxygen atoms in total. The smallest absolute Gasteiger partial charge is 0.0468 e. The molecule has 0 atom stereocenters. The molecule has 254 valence electrons. The van der Waals surface area contributed by atoms with Crippen molar-refractivity contribution in [3.05, 3.63) is 212 Å². The number of fused-ring (bicyclic) bond motifs is 4. The van der Waals surface area contributed by atoms with Gasteiger partial charge >= 0.3 is 0 Å². The highest BCUT2D eigenvalue weighted by atomic mass is 32.1. The van der Waals surface area contributed by atoms with E-state index in [0.717, 1.165) is 17.1 Å². The summed E-state index contributed by atoms with van der Waals surface area (Å²) in [5.41, 5.74) is 13.1. The van der Waals surface area contributed by atoms with Crippen LogP contribution in [-0.2, 0) is 0 Å². The molecule has 9 aromatic carbocycles. The monoisotopic (exact) mass is 705 g/mol. The Morgan fingerprint density at radius 1 is 0.259 bits per heavy atom. The van der Waals surface area contributed by atoms with E-state index in [1.165, 1.54) is 75.5 Å². The maximum absolute atomic E-state index is 2.37. The van der Waals surface area contributed by atoms with Gasteiger partial charge in [-0.1, -0.05) is 152 Å². The van der Waals surface area contributed by atoms with Gasteiger partial charge in [0.1, 0.15) is 0 Å².